The molecule has 3 nitrogen and oxygen atoms in total. The van der Waals surface area contributed by atoms with Gasteiger partial charge in [-0.1, -0.05) is 40.2 Å². The van der Waals surface area contributed by atoms with Crippen LogP contribution in [0.2, 0.25) is 0 Å². The van der Waals surface area contributed by atoms with Crippen LogP contribution in [0, 0.1) is 0 Å². The highest BCUT2D eigenvalue weighted by Gasteiger charge is 2.29. The third-order valence-electron chi connectivity index (χ3n) is 3.78. The van der Waals surface area contributed by atoms with Crippen molar-refractivity contribution in [2.45, 2.75) is 31.6 Å². The van der Waals surface area contributed by atoms with Gasteiger partial charge in [0.2, 0.25) is 0 Å². The molecule has 0 aliphatic heterocycles. The molecule has 118 valence electrons. The smallest absolute Gasteiger partial charge is 0.128 e. The zero-order chi connectivity index (χ0) is 16.1. The van der Waals surface area contributed by atoms with Crippen LogP contribution in [0.1, 0.15) is 18.4 Å². The number of thiocarbonyl (C=S) groups is 1. The van der Waals surface area contributed by atoms with Gasteiger partial charge in [-0.25, -0.2) is 4.99 Å². The molecule has 0 aromatic heterocycles. The number of hydrogen-bond acceptors (Lipinski definition) is 4. The fraction of sp³-hybridized carbons (Fsp3) is 0.278. The third kappa shape index (κ3) is 4.49. The van der Waals surface area contributed by atoms with Crippen LogP contribution >= 0.6 is 28.1 Å². The van der Waals surface area contributed by atoms with Gasteiger partial charge < -0.3 is 9.47 Å². The van der Waals surface area contributed by atoms with Crippen LogP contribution in [0.25, 0.3) is 0 Å². The Labute approximate surface area is 149 Å². The van der Waals surface area contributed by atoms with Crippen LogP contribution in [0.3, 0.4) is 0 Å². The highest BCUT2D eigenvalue weighted by Crippen LogP contribution is 2.30. The van der Waals surface area contributed by atoms with Gasteiger partial charge in [0.05, 0.1) is 23.9 Å². The Balaban J connectivity index is 1.54. The van der Waals surface area contributed by atoms with Gasteiger partial charge in [-0.05, 0) is 54.9 Å². The van der Waals surface area contributed by atoms with Crippen molar-refractivity contribution in [2.24, 2.45) is 4.99 Å². The summed E-state index contributed by atoms with van der Waals surface area (Å²) in [5.74, 6) is 1.62. The van der Waals surface area contributed by atoms with Gasteiger partial charge in [-0.15, -0.1) is 0 Å². The molecule has 0 atom stereocenters. The van der Waals surface area contributed by atoms with Crippen molar-refractivity contribution in [3.05, 3.63) is 58.6 Å². The average molecular weight is 390 g/mol. The lowest BCUT2D eigenvalue weighted by Crippen LogP contribution is -2.34. The molecule has 1 saturated carbocycles. The summed E-state index contributed by atoms with van der Waals surface area (Å²) in [5, 5.41) is 2.43. The van der Waals surface area contributed by atoms with E-state index in [1.54, 1.807) is 0 Å². The maximum absolute atomic E-state index is 5.89. The summed E-state index contributed by atoms with van der Waals surface area (Å²) in [6.07, 6.45) is 2.12. The quantitative estimate of drug-likeness (QED) is 0.489. The fourth-order valence-corrected chi connectivity index (χ4v) is 3.02. The summed E-state index contributed by atoms with van der Waals surface area (Å²) >= 11 is 8.19. The predicted octanol–water partition coefficient (Wildman–Crippen LogP) is 5.39. The second-order valence-corrected chi connectivity index (χ2v) is 6.48. The molecule has 0 N–H and O–H groups in total. The van der Waals surface area contributed by atoms with Crippen molar-refractivity contribution in [1.29, 1.82) is 0 Å². The van der Waals surface area contributed by atoms with Crippen LogP contribution < -0.4 is 4.74 Å². The van der Waals surface area contributed by atoms with E-state index in [4.69, 9.17) is 9.47 Å². The second-order valence-electron chi connectivity index (χ2n) is 5.45. The largest absolute Gasteiger partial charge is 0.457 e. The molecule has 2 aromatic carbocycles. The first-order valence-corrected chi connectivity index (χ1v) is 8.64. The standard InChI is InChI=1S/C18H16BrNO2S/c19-18-10-16(22-15-4-2-1-3-5-15)7-6-13(18)11-21-17-8-14(9-17)20-12-23/h1-7,10,14,17H,8-9,11H2/t14-,17-. The van der Waals surface area contributed by atoms with E-state index in [-0.39, 0.29) is 6.10 Å². The third-order valence-corrected chi connectivity index (χ3v) is 4.63. The van der Waals surface area contributed by atoms with E-state index in [0.717, 1.165) is 34.4 Å². The lowest BCUT2D eigenvalue weighted by Gasteiger charge is -2.31. The molecule has 2 aromatic rings. The summed E-state index contributed by atoms with van der Waals surface area (Å²) in [6, 6.07) is 16.0. The van der Waals surface area contributed by atoms with E-state index >= 15 is 0 Å². The van der Waals surface area contributed by atoms with Gasteiger partial charge in [0.25, 0.3) is 0 Å². The minimum absolute atomic E-state index is 0.263. The molecule has 3 rings (SSSR count). The summed E-state index contributed by atoms with van der Waals surface area (Å²) in [4.78, 5) is 4.06. The molecule has 1 fully saturated rings. The number of nitrogens with zero attached hydrogens (tertiary/aromatic N) is 1. The first-order chi connectivity index (χ1) is 11.2. The van der Waals surface area contributed by atoms with Crippen molar-refractivity contribution in [2.75, 3.05) is 0 Å². The molecule has 23 heavy (non-hydrogen) atoms. The van der Waals surface area contributed by atoms with Crippen molar-refractivity contribution in [1.82, 2.24) is 0 Å². The minimum Gasteiger partial charge on any atom is -0.457 e. The summed E-state index contributed by atoms with van der Waals surface area (Å²) in [7, 11) is 0. The molecule has 5 heteroatoms. The number of benzene rings is 2. The predicted molar refractivity (Wildman–Crippen MR) is 97.3 cm³/mol. The Hall–Kier alpha value is -1.52. The Bertz CT molecular complexity index is 710. The fourth-order valence-electron chi connectivity index (χ4n) is 2.39. The van der Waals surface area contributed by atoms with Gasteiger partial charge in [-0.3, -0.25) is 0 Å². The highest BCUT2D eigenvalue weighted by atomic mass is 79.9. The number of ether oxygens (including phenoxy) is 2. The first-order valence-electron chi connectivity index (χ1n) is 7.44. The van der Waals surface area contributed by atoms with Crippen LogP contribution in [0.4, 0.5) is 0 Å². The number of para-hydroxylation sites is 1. The van der Waals surface area contributed by atoms with Crippen LogP contribution in [0.5, 0.6) is 11.5 Å². The highest BCUT2D eigenvalue weighted by molar-refractivity contribution is 9.10. The Morgan fingerprint density at radius 3 is 2.61 bits per heavy atom. The molecular formula is C18H16BrNO2S. The zero-order valence-corrected chi connectivity index (χ0v) is 14.8. The molecule has 0 spiro atoms. The molecule has 0 radical (unpaired) electrons. The van der Waals surface area contributed by atoms with E-state index < -0.39 is 0 Å². The molecule has 1 aliphatic carbocycles. The SMILES string of the molecule is S=C=N[C@H]1C[C@H](OCc2ccc(Oc3ccccc3)cc2Br)C1. The first kappa shape index (κ1) is 16.3. The molecule has 0 saturated heterocycles. The van der Waals surface area contributed by atoms with Crippen LogP contribution in [-0.2, 0) is 11.3 Å². The van der Waals surface area contributed by atoms with E-state index in [9.17, 15) is 0 Å². The molecule has 0 unspecified atom stereocenters. The van der Waals surface area contributed by atoms with Crippen molar-refractivity contribution in [3.63, 3.8) is 0 Å². The maximum Gasteiger partial charge on any atom is 0.128 e. The topological polar surface area (TPSA) is 30.8 Å². The second kappa shape index (κ2) is 7.84. The van der Waals surface area contributed by atoms with Crippen molar-refractivity contribution in [3.8, 4) is 11.5 Å². The van der Waals surface area contributed by atoms with E-state index in [2.05, 4.69) is 38.3 Å². The lowest BCUT2D eigenvalue weighted by atomic mass is 9.90. The minimum atomic E-state index is 0.263. The van der Waals surface area contributed by atoms with E-state index in [1.807, 2.05) is 48.5 Å². The van der Waals surface area contributed by atoms with Crippen molar-refractivity contribution >= 4 is 33.3 Å². The number of isothiocyanates is 1. The van der Waals surface area contributed by atoms with Crippen molar-refractivity contribution < 1.29 is 9.47 Å². The normalized spacial score (nSPS) is 19.5. The van der Waals surface area contributed by atoms with Crippen LogP contribution in [-0.4, -0.2) is 17.3 Å². The molecule has 0 amide bonds. The molecule has 0 heterocycles. The number of rotatable bonds is 6. The summed E-state index contributed by atoms with van der Waals surface area (Å²) < 4.78 is 12.7. The number of hydrogen-bond donors (Lipinski definition) is 0. The zero-order valence-electron chi connectivity index (χ0n) is 12.4. The molecule has 0 bridgehead atoms. The maximum atomic E-state index is 5.89. The van der Waals surface area contributed by atoms with Gasteiger partial charge >= 0.3 is 0 Å². The van der Waals surface area contributed by atoms with Gasteiger partial charge in [-0.2, -0.15) is 0 Å². The van der Waals surface area contributed by atoms with Crippen LogP contribution in [0.15, 0.2) is 58.0 Å². The molecular weight excluding hydrogens is 374 g/mol. The summed E-state index contributed by atoms with van der Waals surface area (Å²) in [5.41, 5.74) is 1.10. The van der Waals surface area contributed by atoms with Gasteiger partial charge in [0, 0.05) is 4.47 Å². The Morgan fingerprint density at radius 1 is 1.13 bits per heavy atom. The van der Waals surface area contributed by atoms with Gasteiger partial charge in [0.1, 0.15) is 11.5 Å². The Morgan fingerprint density at radius 2 is 1.91 bits per heavy atom. The Kier molecular flexibility index (Phi) is 5.57. The average Bonchev–Trinajstić information content (AvgIpc) is 2.52. The number of aliphatic imine (C=N–C) groups is 1. The monoisotopic (exact) mass is 389 g/mol. The van der Waals surface area contributed by atoms with E-state index in [0.29, 0.717) is 12.6 Å². The molecule has 1 aliphatic rings. The van der Waals surface area contributed by atoms with Gasteiger partial charge in [0.15, 0.2) is 0 Å². The summed E-state index contributed by atoms with van der Waals surface area (Å²) in [6.45, 7) is 0.574. The number of halogens is 1. The van der Waals surface area contributed by atoms with E-state index in [1.165, 1.54) is 0 Å². The lowest BCUT2D eigenvalue weighted by molar-refractivity contribution is -0.0184.